The van der Waals surface area contributed by atoms with Gasteiger partial charge in [0.1, 0.15) is 0 Å². The summed E-state index contributed by atoms with van der Waals surface area (Å²) in [7, 11) is 2.15. The molecule has 0 fully saturated rings. The van der Waals surface area contributed by atoms with Crippen molar-refractivity contribution in [3.63, 3.8) is 0 Å². The first-order valence-corrected chi connectivity index (χ1v) is 5.94. The Kier molecular flexibility index (Phi) is 3.45. The maximum absolute atomic E-state index is 2.38. The highest BCUT2D eigenvalue weighted by atomic mass is 15.1. The van der Waals surface area contributed by atoms with E-state index in [0.717, 1.165) is 12.8 Å². The van der Waals surface area contributed by atoms with Gasteiger partial charge >= 0.3 is 0 Å². The Morgan fingerprint density at radius 2 is 1.94 bits per heavy atom. The first kappa shape index (κ1) is 11.0. The smallest absolute Gasteiger partial charge is 0.0510 e. The fourth-order valence-corrected chi connectivity index (χ4v) is 2.04. The monoisotopic (exact) mass is 213 g/mol. The third-order valence-electron chi connectivity index (χ3n) is 3.15. The predicted octanol–water partition coefficient (Wildman–Crippen LogP) is 3.39. The zero-order valence-electron chi connectivity index (χ0n) is 10.1. The van der Waals surface area contributed by atoms with Gasteiger partial charge in [-0.05, 0) is 36.3 Å². The highest BCUT2D eigenvalue weighted by molar-refractivity contribution is 5.27. The summed E-state index contributed by atoms with van der Waals surface area (Å²) in [6.45, 7) is 2.21. The zero-order valence-corrected chi connectivity index (χ0v) is 10.1. The van der Waals surface area contributed by atoms with Crippen LogP contribution in [0.1, 0.15) is 18.9 Å². The Balaban J connectivity index is 2.10. The van der Waals surface area contributed by atoms with Crippen LogP contribution in [0.3, 0.4) is 0 Å². The van der Waals surface area contributed by atoms with Gasteiger partial charge in [-0.2, -0.15) is 0 Å². The van der Waals surface area contributed by atoms with Crippen LogP contribution in [0.5, 0.6) is 0 Å². The molecule has 1 aliphatic rings. The number of benzene rings is 1. The third-order valence-corrected chi connectivity index (χ3v) is 3.15. The molecule has 0 spiro atoms. The lowest BCUT2D eigenvalue weighted by atomic mass is 9.99. The van der Waals surface area contributed by atoms with E-state index >= 15 is 0 Å². The van der Waals surface area contributed by atoms with Crippen molar-refractivity contribution >= 4 is 0 Å². The lowest BCUT2D eigenvalue weighted by Crippen LogP contribution is -2.29. The topological polar surface area (TPSA) is 3.24 Å². The second kappa shape index (κ2) is 5.02. The molecule has 2 rings (SSSR count). The van der Waals surface area contributed by atoms with Crippen molar-refractivity contribution in [1.29, 1.82) is 0 Å². The molecule has 1 nitrogen and oxygen atoms in total. The van der Waals surface area contributed by atoms with E-state index in [4.69, 9.17) is 0 Å². The standard InChI is InChI=1S/C15H19N/c1-3-13-9-10-16(2)15(11-13)12-14-7-5-4-6-8-14/h4-11,15H,3,12H2,1-2H3. The molecule has 0 saturated heterocycles. The number of hydrogen-bond donors (Lipinski definition) is 0. The van der Waals surface area contributed by atoms with Crippen molar-refractivity contribution in [3.05, 3.63) is 59.8 Å². The maximum Gasteiger partial charge on any atom is 0.0510 e. The molecule has 0 aromatic heterocycles. The van der Waals surface area contributed by atoms with E-state index in [0.29, 0.717) is 6.04 Å². The van der Waals surface area contributed by atoms with Crippen molar-refractivity contribution in [1.82, 2.24) is 4.90 Å². The Morgan fingerprint density at radius 3 is 2.62 bits per heavy atom. The van der Waals surface area contributed by atoms with Gasteiger partial charge in [0.25, 0.3) is 0 Å². The molecule has 1 aliphatic heterocycles. The number of rotatable bonds is 3. The Morgan fingerprint density at radius 1 is 1.19 bits per heavy atom. The summed E-state index contributed by atoms with van der Waals surface area (Å²) < 4.78 is 0. The van der Waals surface area contributed by atoms with Crippen molar-refractivity contribution in [2.75, 3.05) is 7.05 Å². The van der Waals surface area contributed by atoms with Gasteiger partial charge in [-0.15, -0.1) is 0 Å². The van der Waals surface area contributed by atoms with E-state index in [1.165, 1.54) is 11.1 Å². The average molecular weight is 213 g/mol. The maximum atomic E-state index is 2.38. The van der Waals surface area contributed by atoms with Crippen LogP contribution in [0.25, 0.3) is 0 Å². The second-order valence-electron chi connectivity index (χ2n) is 4.33. The van der Waals surface area contributed by atoms with Gasteiger partial charge in [-0.1, -0.05) is 43.3 Å². The third kappa shape index (κ3) is 2.54. The predicted molar refractivity (Wildman–Crippen MR) is 69.2 cm³/mol. The highest BCUT2D eigenvalue weighted by Gasteiger charge is 2.13. The van der Waals surface area contributed by atoms with Gasteiger partial charge in [0.05, 0.1) is 6.04 Å². The normalized spacial score (nSPS) is 19.8. The quantitative estimate of drug-likeness (QED) is 0.744. The number of likely N-dealkylation sites (N-methyl/N-ethyl adjacent to an activating group) is 1. The van der Waals surface area contributed by atoms with Crippen LogP contribution in [0.4, 0.5) is 0 Å². The van der Waals surface area contributed by atoms with Gasteiger partial charge in [0.15, 0.2) is 0 Å². The van der Waals surface area contributed by atoms with E-state index < -0.39 is 0 Å². The minimum Gasteiger partial charge on any atom is -0.374 e. The SMILES string of the molecule is CCC1=CC(Cc2ccccc2)N(C)C=C1. The van der Waals surface area contributed by atoms with Crippen LogP contribution in [-0.2, 0) is 6.42 Å². The molecular formula is C15H19N. The van der Waals surface area contributed by atoms with Crippen molar-refractivity contribution in [3.8, 4) is 0 Å². The first-order valence-electron chi connectivity index (χ1n) is 5.94. The van der Waals surface area contributed by atoms with Crippen LogP contribution in [0.2, 0.25) is 0 Å². The summed E-state index contributed by atoms with van der Waals surface area (Å²) >= 11 is 0. The number of nitrogens with zero attached hydrogens (tertiary/aromatic N) is 1. The summed E-state index contributed by atoms with van der Waals surface area (Å²) in [5.74, 6) is 0. The van der Waals surface area contributed by atoms with Gasteiger partial charge < -0.3 is 4.90 Å². The zero-order chi connectivity index (χ0) is 11.4. The molecule has 1 heteroatoms. The summed E-state index contributed by atoms with van der Waals surface area (Å²) in [5.41, 5.74) is 2.85. The van der Waals surface area contributed by atoms with Gasteiger partial charge in [-0.3, -0.25) is 0 Å². The fourth-order valence-electron chi connectivity index (χ4n) is 2.04. The molecule has 1 atom stereocenters. The van der Waals surface area contributed by atoms with Crippen molar-refractivity contribution in [2.45, 2.75) is 25.8 Å². The summed E-state index contributed by atoms with van der Waals surface area (Å²) in [6, 6.07) is 11.2. The molecule has 0 N–H and O–H groups in total. The molecular weight excluding hydrogens is 194 g/mol. The average Bonchev–Trinajstić information content (AvgIpc) is 2.33. The molecule has 1 heterocycles. The first-order chi connectivity index (χ1) is 7.79. The van der Waals surface area contributed by atoms with Crippen molar-refractivity contribution in [2.24, 2.45) is 0 Å². The Bertz CT molecular complexity index is 389. The summed E-state index contributed by atoms with van der Waals surface area (Å²) in [6.07, 6.45) is 8.99. The lowest BCUT2D eigenvalue weighted by Gasteiger charge is -2.28. The Labute approximate surface area is 98.1 Å². The number of hydrogen-bond acceptors (Lipinski definition) is 1. The molecule has 0 bridgehead atoms. The molecule has 0 saturated carbocycles. The van der Waals surface area contributed by atoms with Gasteiger partial charge in [-0.25, -0.2) is 0 Å². The van der Waals surface area contributed by atoms with Crippen LogP contribution in [0.15, 0.2) is 54.3 Å². The van der Waals surface area contributed by atoms with E-state index in [2.05, 4.69) is 67.6 Å². The molecule has 84 valence electrons. The molecule has 16 heavy (non-hydrogen) atoms. The fraction of sp³-hybridized carbons (Fsp3) is 0.333. The molecule has 1 aromatic carbocycles. The number of allylic oxidation sites excluding steroid dienone is 2. The molecule has 0 amide bonds. The van der Waals surface area contributed by atoms with Crippen LogP contribution in [-0.4, -0.2) is 18.0 Å². The van der Waals surface area contributed by atoms with Crippen molar-refractivity contribution < 1.29 is 0 Å². The van der Waals surface area contributed by atoms with Crippen LogP contribution in [0, 0.1) is 0 Å². The second-order valence-corrected chi connectivity index (χ2v) is 4.33. The van der Waals surface area contributed by atoms with Gasteiger partial charge in [0, 0.05) is 7.05 Å². The molecule has 1 unspecified atom stereocenters. The molecule has 0 radical (unpaired) electrons. The lowest BCUT2D eigenvalue weighted by molar-refractivity contribution is 0.375. The van der Waals surface area contributed by atoms with Crippen LogP contribution < -0.4 is 0 Å². The summed E-state index contributed by atoms with van der Waals surface area (Å²) in [5, 5.41) is 0. The highest BCUT2D eigenvalue weighted by Crippen LogP contribution is 2.18. The Hall–Kier alpha value is -1.50. The largest absolute Gasteiger partial charge is 0.374 e. The van der Waals surface area contributed by atoms with E-state index in [1.807, 2.05) is 0 Å². The minimum absolute atomic E-state index is 0.502. The van der Waals surface area contributed by atoms with Gasteiger partial charge in [0.2, 0.25) is 0 Å². The summed E-state index contributed by atoms with van der Waals surface area (Å²) in [4.78, 5) is 2.28. The van der Waals surface area contributed by atoms with Crippen LogP contribution >= 0.6 is 0 Å². The van der Waals surface area contributed by atoms with E-state index in [9.17, 15) is 0 Å². The molecule has 0 aliphatic carbocycles. The molecule has 1 aromatic rings. The van der Waals surface area contributed by atoms with E-state index in [-0.39, 0.29) is 0 Å². The minimum atomic E-state index is 0.502. The van der Waals surface area contributed by atoms with E-state index in [1.54, 1.807) is 0 Å².